The Morgan fingerprint density at radius 1 is 1.14 bits per heavy atom. The van der Waals surface area contributed by atoms with Crippen LogP contribution < -0.4 is 10.6 Å². The zero-order valence-electron chi connectivity index (χ0n) is 16.8. The van der Waals surface area contributed by atoms with Gasteiger partial charge in [0, 0.05) is 50.9 Å². The van der Waals surface area contributed by atoms with Crippen molar-refractivity contribution in [3.63, 3.8) is 0 Å². The second-order valence-electron chi connectivity index (χ2n) is 8.05. The number of aromatic nitrogens is 5. The highest BCUT2D eigenvalue weighted by Crippen LogP contribution is 2.29. The predicted molar refractivity (Wildman–Crippen MR) is 107 cm³/mol. The maximum Gasteiger partial charge on any atom is 0.222 e. The normalized spacial score (nSPS) is 22.0. The molecule has 3 N–H and O–H groups in total. The molecular weight excluding hydrogens is 356 g/mol. The van der Waals surface area contributed by atoms with Crippen molar-refractivity contribution in [2.45, 2.75) is 51.2 Å². The smallest absolute Gasteiger partial charge is 0.222 e. The lowest BCUT2D eigenvalue weighted by molar-refractivity contribution is 0.0775. The van der Waals surface area contributed by atoms with E-state index in [4.69, 9.17) is 5.73 Å². The maximum absolute atomic E-state index is 9.69. The monoisotopic (exact) mass is 386 g/mol. The van der Waals surface area contributed by atoms with Gasteiger partial charge in [-0.05, 0) is 32.6 Å². The Kier molecular flexibility index (Phi) is 5.45. The van der Waals surface area contributed by atoms with E-state index in [9.17, 15) is 5.11 Å². The van der Waals surface area contributed by atoms with Crippen molar-refractivity contribution in [2.24, 2.45) is 7.05 Å². The maximum atomic E-state index is 9.69. The number of aliphatic hydroxyl groups excluding tert-OH is 1. The number of hydrogen-bond acceptors (Lipinski definition) is 8. The van der Waals surface area contributed by atoms with E-state index in [0.29, 0.717) is 11.9 Å². The zero-order chi connectivity index (χ0) is 19.7. The fourth-order valence-electron chi connectivity index (χ4n) is 4.28. The molecule has 9 heteroatoms. The minimum atomic E-state index is -0.154. The molecule has 0 bridgehead atoms. The Balaban J connectivity index is 1.46. The van der Waals surface area contributed by atoms with Crippen molar-refractivity contribution in [1.82, 2.24) is 29.6 Å². The molecule has 4 rings (SSSR count). The molecule has 2 saturated heterocycles. The summed E-state index contributed by atoms with van der Waals surface area (Å²) in [6.45, 7) is 6.38. The summed E-state index contributed by atoms with van der Waals surface area (Å²) in [4.78, 5) is 13.2. The van der Waals surface area contributed by atoms with Crippen LogP contribution in [0.5, 0.6) is 0 Å². The van der Waals surface area contributed by atoms with Gasteiger partial charge in [-0.1, -0.05) is 0 Å². The number of rotatable bonds is 4. The molecule has 4 heterocycles. The average Bonchev–Trinajstić information content (AvgIpc) is 3.03. The summed E-state index contributed by atoms with van der Waals surface area (Å²) in [5, 5.41) is 18.7. The minimum Gasteiger partial charge on any atom is -0.393 e. The molecule has 2 aliphatic rings. The SMILES string of the molecule is Cc1cc(N2CCC[C@H](c3nnc(CN4CCC(O)CC4)n3C)C2)nc(N)n1. The quantitative estimate of drug-likeness (QED) is 0.795. The van der Waals surface area contributed by atoms with Gasteiger partial charge >= 0.3 is 0 Å². The summed E-state index contributed by atoms with van der Waals surface area (Å²) in [5.41, 5.74) is 6.73. The van der Waals surface area contributed by atoms with Crippen LogP contribution in [-0.4, -0.2) is 67.0 Å². The average molecular weight is 387 g/mol. The highest BCUT2D eigenvalue weighted by atomic mass is 16.3. The van der Waals surface area contributed by atoms with Crippen molar-refractivity contribution in [2.75, 3.05) is 36.8 Å². The zero-order valence-corrected chi connectivity index (χ0v) is 16.8. The molecule has 2 aliphatic heterocycles. The summed E-state index contributed by atoms with van der Waals surface area (Å²) in [6, 6.07) is 1.99. The fraction of sp³-hybridized carbons (Fsp3) is 0.684. The first-order chi connectivity index (χ1) is 13.5. The number of nitrogens with zero attached hydrogens (tertiary/aromatic N) is 7. The topological polar surface area (TPSA) is 109 Å². The van der Waals surface area contributed by atoms with Gasteiger partial charge in [0.15, 0.2) is 0 Å². The first-order valence-electron chi connectivity index (χ1n) is 10.1. The Morgan fingerprint density at radius 2 is 1.93 bits per heavy atom. The largest absolute Gasteiger partial charge is 0.393 e. The van der Waals surface area contributed by atoms with E-state index < -0.39 is 0 Å². The molecular formula is C19H30N8O. The van der Waals surface area contributed by atoms with Crippen LogP contribution in [0, 0.1) is 6.92 Å². The summed E-state index contributed by atoms with van der Waals surface area (Å²) in [7, 11) is 2.06. The second-order valence-corrected chi connectivity index (χ2v) is 8.05. The number of anilines is 2. The van der Waals surface area contributed by atoms with Crippen molar-refractivity contribution in [3.8, 4) is 0 Å². The van der Waals surface area contributed by atoms with Gasteiger partial charge in [-0.25, -0.2) is 4.98 Å². The van der Waals surface area contributed by atoms with Crippen LogP contribution in [-0.2, 0) is 13.6 Å². The molecule has 0 amide bonds. The Labute approximate surface area is 165 Å². The first kappa shape index (κ1) is 19.1. The molecule has 0 aromatic carbocycles. The van der Waals surface area contributed by atoms with Crippen LogP contribution in [0.25, 0.3) is 0 Å². The van der Waals surface area contributed by atoms with E-state index in [2.05, 4.69) is 41.6 Å². The molecule has 0 radical (unpaired) electrons. The van der Waals surface area contributed by atoms with Gasteiger partial charge in [-0.2, -0.15) is 4.98 Å². The number of piperidine rings is 2. The summed E-state index contributed by atoms with van der Waals surface area (Å²) < 4.78 is 2.15. The van der Waals surface area contributed by atoms with E-state index in [1.807, 2.05) is 13.0 Å². The highest BCUT2D eigenvalue weighted by Gasteiger charge is 2.28. The number of nitrogens with two attached hydrogens (primary N) is 1. The first-order valence-corrected chi connectivity index (χ1v) is 10.1. The number of aliphatic hydroxyl groups is 1. The lowest BCUT2D eigenvalue weighted by Crippen LogP contribution is -2.37. The molecule has 1 atom stereocenters. The van der Waals surface area contributed by atoms with E-state index in [-0.39, 0.29) is 6.10 Å². The van der Waals surface area contributed by atoms with Gasteiger partial charge in [-0.15, -0.1) is 10.2 Å². The van der Waals surface area contributed by atoms with Crippen LogP contribution in [0.15, 0.2) is 6.07 Å². The van der Waals surface area contributed by atoms with E-state index in [1.54, 1.807) is 0 Å². The van der Waals surface area contributed by atoms with Gasteiger partial charge in [0.05, 0.1) is 12.6 Å². The van der Waals surface area contributed by atoms with Crippen LogP contribution in [0.2, 0.25) is 0 Å². The Bertz CT molecular complexity index is 794. The third kappa shape index (κ3) is 4.10. The second kappa shape index (κ2) is 8.00. The fourth-order valence-corrected chi connectivity index (χ4v) is 4.28. The van der Waals surface area contributed by atoms with Crippen molar-refractivity contribution >= 4 is 11.8 Å². The van der Waals surface area contributed by atoms with E-state index in [0.717, 1.165) is 81.6 Å². The van der Waals surface area contributed by atoms with Crippen LogP contribution in [0.3, 0.4) is 0 Å². The molecule has 2 fully saturated rings. The van der Waals surface area contributed by atoms with Gasteiger partial charge in [-0.3, -0.25) is 4.90 Å². The molecule has 0 spiro atoms. The predicted octanol–water partition coefficient (Wildman–Crippen LogP) is 0.836. The molecule has 2 aromatic heterocycles. The van der Waals surface area contributed by atoms with E-state index in [1.165, 1.54) is 0 Å². The van der Waals surface area contributed by atoms with Gasteiger partial charge in [0.2, 0.25) is 5.95 Å². The lowest BCUT2D eigenvalue weighted by Gasteiger charge is -2.33. The van der Waals surface area contributed by atoms with Crippen molar-refractivity contribution in [1.29, 1.82) is 0 Å². The summed E-state index contributed by atoms with van der Waals surface area (Å²) in [6.07, 6.45) is 3.70. The third-order valence-corrected chi connectivity index (χ3v) is 5.89. The van der Waals surface area contributed by atoms with Gasteiger partial charge in [0.25, 0.3) is 0 Å². The number of aryl methyl sites for hydroxylation is 1. The number of hydrogen-bond donors (Lipinski definition) is 2. The third-order valence-electron chi connectivity index (χ3n) is 5.89. The molecule has 2 aromatic rings. The summed E-state index contributed by atoms with van der Waals surface area (Å²) >= 11 is 0. The summed E-state index contributed by atoms with van der Waals surface area (Å²) in [5.74, 6) is 3.56. The Morgan fingerprint density at radius 3 is 2.68 bits per heavy atom. The Hall–Kier alpha value is -2.26. The molecule has 0 aliphatic carbocycles. The number of nitrogen functional groups attached to an aromatic ring is 1. The standard InChI is InChI=1S/C19H30N8O/c1-13-10-16(22-19(20)21-13)27-7-3-4-14(11-27)18-24-23-17(25(18)2)12-26-8-5-15(28)6-9-26/h10,14-15,28H,3-9,11-12H2,1-2H3,(H2,20,21,22)/t14-/m0/s1. The lowest BCUT2D eigenvalue weighted by atomic mass is 9.97. The van der Waals surface area contributed by atoms with Crippen molar-refractivity contribution in [3.05, 3.63) is 23.4 Å². The number of likely N-dealkylation sites (tertiary alicyclic amines) is 1. The molecule has 0 saturated carbocycles. The van der Waals surface area contributed by atoms with Crippen LogP contribution in [0.4, 0.5) is 11.8 Å². The molecule has 9 nitrogen and oxygen atoms in total. The van der Waals surface area contributed by atoms with Gasteiger partial charge in [0.1, 0.15) is 17.5 Å². The van der Waals surface area contributed by atoms with Crippen LogP contribution in [0.1, 0.15) is 48.9 Å². The highest BCUT2D eigenvalue weighted by molar-refractivity contribution is 5.44. The van der Waals surface area contributed by atoms with Crippen LogP contribution >= 0.6 is 0 Å². The van der Waals surface area contributed by atoms with Crippen molar-refractivity contribution < 1.29 is 5.11 Å². The molecule has 152 valence electrons. The van der Waals surface area contributed by atoms with E-state index >= 15 is 0 Å². The minimum absolute atomic E-state index is 0.154. The molecule has 28 heavy (non-hydrogen) atoms. The molecule has 0 unspecified atom stereocenters. The van der Waals surface area contributed by atoms with Gasteiger partial charge < -0.3 is 20.3 Å².